The van der Waals surface area contributed by atoms with Crippen molar-refractivity contribution < 1.29 is 4.79 Å². The van der Waals surface area contributed by atoms with Crippen LogP contribution < -0.4 is 16.8 Å². The lowest BCUT2D eigenvalue weighted by Gasteiger charge is -2.28. The van der Waals surface area contributed by atoms with Crippen LogP contribution in [-0.2, 0) is 4.79 Å². The van der Waals surface area contributed by atoms with Crippen LogP contribution in [0.3, 0.4) is 0 Å². The van der Waals surface area contributed by atoms with Crippen molar-refractivity contribution in [3.8, 4) is 0 Å². The van der Waals surface area contributed by atoms with Gasteiger partial charge in [-0.05, 0) is 30.7 Å². The Balaban J connectivity index is 2.51. The van der Waals surface area contributed by atoms with Gasteiger partial charge in [0.05, 0.1) is 6.04 Å². The predicted molar refractivity (Wildman–Crippen MR) is 65.8 cm³/mol. The molecule has 1 rings (SSSR count). The highest BCUT2D eigenvalue weighted by molar-refractivity contribution is 5.82. The predicted octanol–water partition coefficient (Wildman–Crippen LogP) is 0.603. The van der Waals surface area contributed by atoms with E-state index >= 15 is 0 Å². The molecule has 16 heavy (non-hydrogen) atoms. The highest BCUT2D eigenvalue weighted by atomic mass is 16.2. The molecule has 1 saturated carbocycles. The largest absolute Gasteiger partial charge is 0.352 e. The van der Waals surface area contributed by atoms with Gasteiger partial charge in [0.15, 0.2) is 0 Å². The van der Waals surface area contributed by atoms with Gasteiger partial charge in [-0.15, -0.1) is 0 Å². The molecule has 94 valence electrons. The van der Waals surface area contributed by atoms with Gasteiger partial charge < -0.3 is 16.8 Å². The molecule has 1 aliphatic carbocycles. The van der Waals surface area contributed by atoms with E-state index in [1.54, 1.807) is 0 Å². The zero-order valence-corrected chi connectivity index (χ0v) is 10.6. The third-order valence-electron chi connectivity index (χ3n) is 3.50. The molecule has 0 radical (unpaired) electrons. The van der Waals surface area contributed by atoms with Crippen LogP contribution in [0.4, 0.5) is 0 Å². The Kier molecular flexibility index (Phi) is 4.33. The summed E-state index contributed by atoms with van der Waals surface area (Å²) in [5, 5.41) is 3.04. The van der Waals surface area contributed by atoms with Crippen LogP contribution in [0.2, 0.25) is 0 Å². The van der Waals surface area contributed by atoms with Crippen molar-refractivity contribution in [3.05, 3.63) is 0 Å². The highest BCUT2D eigenvalue weighted by Gasteiger charge is 2.32. The minimum Gasteiger partial charge on any atom is -0.352 e. The molecule has 0 aromatic rings. The number of carbonyl (C=O) groups excluding carboxylic acids is 1. The standard InChI is InChI=1S/C12H25N3O/c1-12(2,3)10(14)11(16)15-9-6-4-5-8(9)7-13/h8-10H,4-7,13-14H2,1-3H3,(H,15,16)/t8?,9?,10-/m1/s1. The van der Waals surface area contributed by atoms with Crippen molar-refractivity contribution >= 4 is 5.91 Å². The van der Waals surface area contributed by atoms with E-state index in [0.29, 0.717) is 12.5 Å². The molecule has 0 spiro atoms. The fraction of sp³-hybridized carbons (Fsp3) is 0.917. The highest BCUT2D eigenvalue weighted by Crippen LogP contribution is 2.25. The Morgan fingerprint density at radius 2 is 2.06 bits per heavy atom. The van der Waals surface area contributed by atoms with E-state index in [0.717, 1.165) is 19.3 Å². The zero-order chi connectivity index (χ0) is 12.3. The maximum absolute atomic E-state index is 11.9. The van der Waals surface area contributed by atoms with Gasteiger partial charge in [-0.1, -0.05) is 27.2 Å². The summed E-state index contributed by atoms with van der Waals surface area (Å²) in [6.07, 6.45) is 3.30. The molecule has 0 aromatic heterocycles. The van der Waals surface area contributed by atoms with E-state index in [1.165, 1.54) is 0 Å². The lowest BCUT2D eigenvalue weighted by Crippen LogP contribution is -2.52. The average molecular weight is 227 g/mol. The smallest absolute Gasteiger partial charge is 0.237 e. The molecule has 5 N–H and O–H groups in total. The van der Waals surface area contributed by atoms with Gasteiger partial charge >= 0.3 is 0 Å². The summed E-state index contributed by atoms with van der Waals surface area (Å²) in [4.78, 5) is 11.9. The third kappa shape index (κ3) is 3.19. The van der Waals surface area contributed by atoms with Gasteiger partial charge in [0.1, 0.15) is 0 Å². The van der Waals surface area contributed by atoms with E-state index < -0.39 is 6.04 Å². The first-order valence-electron chi connectivity index (χ1n) is 6.12. The van der Waals surface area contributed by atoms with Gasteiger partial charge in [0, 0.05) is 6.04 Å². The first-order chi connectivity index (χ1) is 7.36. The van der Waals surface area contributed by atoms with Crippen molar-refractivity contribution in [2.45, 2.75) is 52.1 Å². The van der Waals surface area contributed by atoms with Crippen molar-refractivity contribution in [3.63, 3.8) is 0 Å². The quantitative estimate of drug-likeness (QED) is 0.660. The van der Waals surface area contributed by atoms with Crippen LogP contribution in [0, 0.1) is 11.3 Å². The molecule has 0 aromatic carbocycles. The van der Waals surface area contributed by atoms with Crippen LogP contribution in [0.5, 0.6) is 0 Å². The summed E-state index contributed by atoms with van der Waals surface area (Å²) in [6, 6.07) is -0.225. The summed E-state index contributed by atoms with van der Waals surface area (Å²) in [6.45, 7) is 6.58. The van der Waals surface area contributed by atoms with Crippen LogP contribution in [-0.4, -0.2) is 24.5 Å². The van der Waals surface area contributed by atoms with Crippen LogP contribution in [0.15, 0.2) is 0 Å². The SMILES string of the molecule is CC(C)(C)[C@H](N)C(=O)NC1CCCC1CN. The molecular weight excluding hydrogens is 202 g/mol. The summed E-state index contributed by atoms with van der Waals surface area (Å²) >= 11 is 0. The van der Waals surface area contributed by atoms with Crippen molar-refractivity contribution in [1.29, 1.82) is 0 Å². The van der Waals surface area contributed by atoms with Crippen LogP contribution in [0.25, 0.3) is 0 Å². The van der Waals surface area contributed by atoms with Crippen LogP contribution in [0.1, 0.15) is 40.0 Å². The number of hydrogen-bond acceptors (Lipinski definition) is 3. The Bertz CT molecular complexity index is 247. The number of hydrogen-bond donors (Lipinski definition) is 3. The van der Waals surface area contributed by atoms with Gasteiger partial charge in [-0.3, -0.25) is 4.79 Å². The third-order valence-corrected chi connectivity index (χ3v) is 3.50. The van der Waals surface area contributed by atoms with Gasteiger partial charge in [0.25, 0.3) is 0 Å². The summed E-state index contributed by atoms with van der Waals surface area (Å²) < 4.78 is 0. The molecule has 4 nitrogen and oxygen atoms in total. The molecule has 4 heteroatoms. The molecule has 0 bridgehead atoms. The van der Waals surface area contributed by atoms with Crippen molar-refractivity contribution in [2.24, 2.45) is 22.8 Å². The Labute approximate surface area is 98.1 Å². The van der Waals surface area contributed by atoms with Gasteiger partial charge in [-0.2, -0.15) is 0 Å². The minimum atomic E-state index is -0.452. The number of nitrogens with one attached hydrogen (secondary N) is 1. The molecule has 0 heterocycles. The second-order valence-electron chi connectivity index (χ2n) is 5.89. The Morgan fingerprint density at radius 1 is 1.44 bits per heavy atom. The summed E-state index contributed by atoms with van der Waals surface area (Å²) in [5.74, 6) is 0.383. The topological polar surface area (TPSA) is 81.1 Å². The molecule has 1 fully saturated rings. The number of carbonyl (C=O) groups is 1. The molecular formula is C12H25N3O. The number of amides is 1. The molecule has 1 amide bonds. The fourth-order valence-corrected chi connectivity index (χ4v) is 2.17. The Morgan fingerprint density at radius 3 is 2.56 bits per heavy atom. The van der Waals surface area contributed by atoms with E-state index in [4.69, 9.17) is 11.5 Å². The van der Waals surface area contributed by atoms with E-state index in [9.17, 15) is 4.79 Å². The maximum Gasteiger partial charge on any atom is 0.237 e. The molecule has 2 unspecified atom stereocenters. The van der Waals surface area contributed by atoms with Gasteiger partial charge in [0.2, 0.25) is 5.91 Å². The minimum absolute atomic E-state index is 0.0437. The second kappa shape index (κ2) is 5.15. The van der Waals surface area contributed by atoms with E-state index in [2.05, 4.69) is 5.32 Å². The summed E-state index contributed by atoms with van der Waals surface area (Å²) in [7, 11) is 0. The van der Waals surface area contributed by atoms with E-state index in [-0.39, 0.29) is 17.4 Å². The van der Waals surface area contributed by atoms with Gasteiger partial charge in [-0.25, -0.2) is 0 Å². The van der Waals surface area contributed by atoms with E-state index in [1.807, 2.05) is 20.8 Å². The molecule has 0 aliphatic heterocycles. The average Bonchev–Trinajstić information content (AvgIpc) is 2.62. The number of nitrogens with two attached hydrogens (primary N) is 2. The lowest BCUT2D eigenvalue weighted by atomic mass is 9.86. The van der Waals surface area contributed by atoms with Crippen molar-refractivity contribution in [2.75, 3.05) is 6.54 Å². The zero-order valence-electron chi connectivity index (χ0n) is 10.6. The van der Waals surface area contributed by atoms with Crippen LogP contribution >= 0.6 is 0 Å². The molecule has 3 atom stereocenters. The first-order valence-corrected chi connectivity index (χ1v) is 6.12. The normalized spacial score (nSPS) is 27.8. The summed E-state index contributed by atoms with van der Waals surface area (Å²) in [5.41, 5.74) is 11.4. The first kappa shape index (κ1) is 13.5. The Hall–Kier alpha value is -0.610. The lowest BCUT2D eigenvalue weighted by molar-refractivity contribution is -0.125. The molecule has 0 saturated heterocycles. The second-order valence-corrected chi connectivity index (χ2v) is 5.89. The monoisotopic (exact) mass is 227 g/mol. The maximum atomic E-state index is 11.9. The van der Waals surface area contributed by atoms with Crippen molar-refractivity contribution in [1.82, 2.24) is 5.32 Å². The number of rotatable bonds is 3. The fourth-order valence-electron chi connectivity index (χ4n) is 2.17. The molecule has 1 aliphatic rings.